The molecule has 0 aromatic rings. The first-order valence-electron chi connectivity index (χ1n) is 7.29. The van der Waals surface area contributed by atoms with Crippen molar-refractivity contribution in [1.29, 1.82) is 5.26 Å². The van der Waals surface area contributed by atoms with Gasteiger partial charge in [0.25, 0.3) is 0 Å². The van der Waals surface area contributed by atoms with Crippen molar-refractivity contribution in [2.75, 3.05) is 13.7 Å². The minimum absolute atomic E-state index is 0.182. The van der Waals surface area contributed by atoms with Crippen molar-refractivity contribution in [2.24, 2.45) is 5.41 Å². The first-order chi connectivity index (χ1) is 8.59. The van der Waals surface area contributed by atoms with E-state index in [1.807, 2.05) is 20.9 Å². The average Bonchev–Trinajstić information content (AvgIpc) is 2.38. The van der Waals surface area contributed by atoms with Crippen LogP contribution in [0.5, 0.6) is 0 Å². The normalized spacial score (nSPS) is 24.8. The predicted molar refractivity (Wildman–Crippen MR) is 74.3 cm³/mol. The Morgan fingerprint density at radius 2 is 2.00 bits per heavy atom. The second kappa shape index (κ2) is 7.76. The van der Waals surface area contributed by atoms with E-state index in [0.29, 0.717) is 12.1 Å². The van der Waals surface area contributed by atoms with Crippen molar-refractivity contribution in [3.63, 3.8) is 0 Å². The van der Waals surface area contributed by atoms with E-state index in [1.54, 1.807) is 0 Å². The van der Waals surface area contributed by atoms with Gasteiger partial charge < -0.3 is 10.1 Å². The van der Waals surface area contributed by atoms with Crippen LogP contribution in [-0.2, 0) is 4.74 Å². The molecule has 3 nitrogen and oxygen atoms in total. The van der Waals surface area contributed by atoms with Gasteiger partial charge in [-0.05, 0) is 53.0 Å². The first kappa shape index (κ1) is 15.5. The van der Waals surface area contributed by atoms with Crippen LogP contribution in [0.1, 0.15) is 58.8 Å². The van der Waals surface area contributed by atoms with Crippen LogP contribution >= 0.6 is 0 Å². The summed E-state index contributed by atoms with van der Waals surface area (Å²) in [4.78, 5) is 0. The molecule has 1 rings (SSSR count). The summed E-state index contributed by atoms with van der Waals surface area (Å²) in [7, 11) is 2.03. The molecule has 0 aromatic heterocycles. The van der Waals surface area contributed by atoms with Gasteiger partial charge in [-0.2, -0.15) is 5.26 Å². The van der Waals surface area contributed by atoms with Gasteiger partial charge in [-0.3, -0.25) is 0 Å². The Hall–Kier alpha value is -0.590. The molecule has 0 bridgehead atoms. The van der Waals surface area contributed by atoms with Crippen molar-refractivity contribution in [3.8, 4) is 6.07 Å². The van der Waals surface area contributed by atoms with E-state index < -0.39 is 0 Å². The standard InChI is InChI=1S/C15H28N2O/c1-15(2,12-16)10-6-7-11-18-14-9-5-4-8-13(14)17-3/h13-14,17H,4-11H2,1-3H3. The van der Waals surface area contributed by atoms with Gasteiger partial charge in [-0.15, -0.1) is 0 Å². The van der Waals surface area contributed by atoms with E-state index in [4.69, 9.17) is 10.00 Å². The topological polar surface area (TPSA) is 45.0 Å². The Bertz CT molecular complexity index is 270. The summed E-state index contributed by atoms with van der Waals surface area (Å²) in [5.41, 5.74) is -0.182. The lowest BCUT2D eigenvalue weighted by atomic mass is 9.89. The SMILES string of the molecule is CNC1CCCCC1OCCCCC(C)(C)C#N. The van der Waals surface area contributed by atoms with E-state index >= 15 is 0 Å². The Balaban J connectivity index is 2.12. The molecular formula is C15H28N2O. The van der Waals surface area contributed by atoms with Gasteiger partial charge in [0.2, 0.25) is 0 Å². The molecule has 0 radical (unpaired) electrons. The Morgan fingerprint density at radius 3 is 2.67 bits per heavy atom. The molecule has 0 saturated heterocycles. The van der Waals surface area contributed by atoms with E-state index in [1.165, 1.54) is 25.7 Å². The van der Waals surface area contributed by atoms with Crippen LogP contribution in [0.25, 0.3) is 0 Å². The number of nitriles is 1. The molecule has 1 N–H and O–H groups in total. The van der Waals surface area contributed by atoms with Crippen molar-refractivity contribution in [1.82, 2.24) is 5.32 Å². The number of ether oxygens (including phenoxy) is 1. The zero-order valence-electron chi connectivity index (χ0n) is 12.2. The van der Waals surface area contributed by atoms with Gasteiger partial charge in [-0.1, -0.05) is 12.8 Å². The van der Waals surface area contributed by atoms with Crippen LogP contribution in [0, 0.1) is 16.7 Å². The maximum Gasteiger partial charge on any atom is 0.0727 e. The van der Waals surface area contributed by atoms with Crippen molar-refractivity contribution >= 4 is 0 Å². The summed E-state index contributed by atoms with van der Waals surface area (Å²) in [6.07, 6.45) is 8.56. The summed E-state index contributed by atoms with van der Waals surface area (Å²) < 4.78 is 5.99. The molecule has 2 atom stereocenters. The molecule has 0 aliphatic heterocycles. The van der Waals surface area contributed by atoms with E-state index in [0.717, 1.165) is 25.9 Å². The third-order valence-corrected chi connectivity index (χ3v) is 3.90. The quantitative estimate of drug-likeness (QED) is 0.707. The lowest BCUT2D eigenvalue weighted by Gasteiger charge is -2.31. The fourth-order valence-electron chi connectivity index (χ4n) is 2.59. The highest BCUT2D eigenvalue weighted by atomic mass is 16.5. The minimum atomic E-state index is -0.182. The van der Waals surface area contributed by atoms with Crippen molar-refractivity contribution in [2.45, 2.75) is 70.9 Å². The molecule has 18 heavy (non-hydrogen) atoms. The first-order valence-corrected chi connectivity index (χ1v) is 7.29. The molecule has 3 heteroatoms. The molecule has 0 heterocycles. The maximum atomic E-state index is 8.93. The lowest BCUT2D eigenvalue weighted by molar-refractivity contribution is 0.00491. The molecular weight excluding hydrogens is 224 g/mol. The molecule has 1 saturated carbocycles. The van der Waals surface area contributed by atoms with E-state index in [2.05, 4.69) is 11.4 Å². The third-order valence-electron chi connectivity index (χ3n) is 3.90. The van der Waals surface area contributed by atoms with Crippen LogP contribution in [0.4, 0.5) is 0 Å². The lowest BCUT2D eigenvalue weighted by Crippen LogP contribution is -2.41. The number of likely N-dealkylation sites (N-methyl/N-ethyl adjacent to an activating group) is 1. The summed E-state index contributed by atoms with van der Waals surface area (Å²) in [5.74, 6) is 0. The number of rotatable bonds is 7. The summed E-state index contributed by atoms with van der Waals surface area (Å²) >= 11 is 0. The van der Waals surface area contributed by atoms with Gasteiger partial charge in [0.05, 0.1) is 17.6 Å². The second-order valence-corrected chi connectivity index (χ2v) is 6.04. The van der Waals surface area contributed by atoms with E-state index in [-0.39, 0.29) is 5.41 Å². The van der Waals surface area contributed by atoms with Gasteiger partial charge in [0.1, 0.15) is 0 Å². The van der Waals surface area contributed by atoms with Gasteiger partial charge >= 0.3 is 0 Å². The molecule has 1 aliphatic rings. The second-order valence-electron chi connectivity index (χ2n) is 6.04. The Morgan fingerprint density at radius 1 is 1.28 bits per heavy atom. The van der Waals surface area contributed by atoms with Gasteiger partial charge in [0.15, 0.2) is 0 Å². The van der Waals surface area contributed by atoms with Crippen LogP contribution in [0.3, 0.4) is 0 Å². The van der Waals surface area contributed by atoms with Crippen LogP contribution in [-0.4, -0.2) is 25.8 Å². The van der Waals surface area contributed by atoms with Gasteiger partial charge in [-0.25, -0.2) is 0 Å². The highest BCUT2D eigenvalue weighted by Crippen LogP contribution is 2.23. The Kier molecular flexibility index (Phi) is 6.67. The predicted octanol–water partition coefficient (Wildman–Crippen LogP) is 3.25. The number of nitrogens with one attached hydrogen (secondary N) is 1. The van der Waals surface area contributed by atoms with Crippen molar-refractivity contribution in [3.05, 3.63) is 0 Å². The number of hydrogen-bond donors (Lipinski definition) is 1. The summed E-state index contributed by atoms with van der Waals surface area (Å²) in [6, 6.07) is 2.88. The smallest absolute Gasteiger partial charge is 0.0727 e. The van der Waals surface area contributed by atoms with Crippen LogP contribution in [0.15, 0.2) is 0 Å². The van der Waals surface area contributed by atoms with Gasteiger partial charge in [0, 0.05) is 12.6 Å². The van der Waals surface area contributed by atoms with E-state index in [9.17, 15) is 0 Å². The highest BCUT2D eigenvalue weighted by molar-refractivity contribution is 4.91. The highest BCUT2D eigenvalue weighted by Gasteiger charge is 2.24. The summed E-state index contributed by atoms with van der Waals surface area (Å²) in [5, 5.41) is 12.3. The molecule has 2 unspecified atom stereocenters. The largest absolute Gasteiger partial charge is 0.377 e. The zero-order valence-corrected chi connectivity index (χ0v) is 12.2. The number of nitrogens with zero attached hydrogens (tertiary/aromatic N) is 1. The number of hydrogen-bond acceptors (Lipinski definition) is 3. The van der Waals surface area contributed by atoms with Crippen LogP contribution < -0.4 is 5.32 Å². The fourth-order valence-corrected chi connectivity index (χ4v) is 2.59. The zero-order chi connectivity index (χ0) is 13.4. The van der Waals surface area contributed by atoms with Crippen LogP contribution in [0.2, 0.25) is 0 Å². The Labute approximate surface area is 112 Å². The molecule has 0 amide bonds. The molecule has 1 aliphatic carbocycles. The minimum Gasteiger partial charge on any atom is -0.377 e. The van der Waals surface area contributed by atoms with Crippen molar-refractivity contribution < 1.29 is 4.74 Å². The molecule has 0 aromatic carbocycles. The third kappa shape index (κ3) is 5.37. The maximum absolute atomic E-state index is 8.93. The fraction of sp³-hybridized carbons (Fsp3) is 0.933. The summed E-state index contributed by atoms with van der Waals surface area (Å²) in [6.45, 7) is 4.85. The average molecular weight is 252 g/mol. The molecule has 1 fully saturated rings. The molecule has 104 valence electrons. The monoisotopic (exact) mass is 252 g/mol. The molecule has 0 spiro atoms. The number of unbranched alkanes of at least 4 members (excludes halogenated alkanes) is 1.